The summed E-state index contributed by atoms with van der Waals surface area (Å²) >= 11 is 5.45. The van der Waals surface area contributed by atoms with Gasteiger partial charge >= 0.3 is 5.97 Å². The molecule has 1 atom stereocenters. The Balaban J connectivity index is 3.00. The Kier molecular flexibility index (Phi) is 9.93. The molecule has 1 aliphatic rings. The van der Waals surface area contributed by atoms with Crippen molar-refractivity contribution in [1.82, 2.24) is 4.90 Å². The summed E-state index contributed by atoms with van der Waals surface area (Å²) in [7, 11) is -0.356. The summed E-state index contributed by atoms with van der Waals surface area (Å²) in [5, 5.41) is 0.217. The zero-order valence-electron chi connectivity index (χ0n) is 20.0. The fourth-order valence-corrected chi connectivity index (χ4v) is 4.72. The SMILES string of the molecule is C/C=C(\C(=S)C(=O)OC)C1=C(C(C)CC)CCN(CCO[Si](C)(C)C(C)(C)C)C1. The zero-order chi connectivity index (χ0) is 22.4. The van der Waals surface area contributed by atoms with Crippen LogP contribution in [-0.2, 0) is 14.0 Å². The van der Waals surface area contributed by atoms with E-state index in [-0.39, 0.29) is 9.90 Å². The van der Waals surface area contributed by atoms with Crippen molar-refractivity contribution in [2.24, 2.45) is 5.92 Å². The van der Waals surface area contributed by atoms with Crippen LogP contribution in [0.1, 0.15) is 54.4 Å². The Bertz CT molecular complexity index is 662. The largest absolute Gasteiger partial charge is 0.465 e. The second-order valence-electron chi connectivity index (χ2n) is 9.47. The second-order valence-corrected chi connectivity index (χ2v) is 14.7. The fraction of sp³-hybridized carbons (Fsp3) is 0.739. The molecule has 6 heteroatoms. The van der Waals surface area contributed by atoms with Crippen molar-refractivity contribution < 1.29 is 14.0 Å². The van der Waals surface area contributed by atoms with Gasteiger partial charge in [-0.25, -0.2) is 4.79 Å². The van der Waals surface area contributed by atoms with Crippen LogP contribution in [-0.4, -0.2) is 57.4 Å². The molecule has 1 heterocycles. The van der Waals surface area contributed by atoms with Crippen LogP contribution in [0.3, 0.4) is 0 Å². The third kappa shape index (κ3) is 6.84. The highest BCUT2D eigenvalue weighted by atomic mass is 32.1. The first-order valence-corrected chi connectivity index (χ1v) is 14.1. The van der Waals surface area contributed by atoms with E-state index in [0.717, 1.165) is 44.7 Å². The highest BCUT2D eigenvalue weighted by molar-refractivity contribution is 7.82. The molecule has 0 aliphatic carbocycles. The Morgan fingerprint density at radius 3 is 2.45 bits per heavy atom. The summed E-state index contributed by atoms with van der Waals surface area (Å²) in [4.78, 5) is 14.8. The molecule has 1 aliphatic heterocycles. The number of esters is 1. The third-order valence-corrected chi connectivity index (χ3v) is 11.5. The molecule has 1 unspecified atom stereocenters. The second kappa shape index (κ2) is 11.0. The first-order chi connectivity index (χ1) is 13.4. The first-order valence-electron chi connectivity index (χ1n) is 10.8. The minimum absolute atomic E-state index is 0.217. The number of methoxy groups -OCH3 is 1. The molecule has 0 amide bonds. The molecule has 166 valence electrons. The quantitative estimate of drug-likeness (QED) is 0.204. The topological polar surface area (TPSA) is 38.8 Å². The highest BCUT2D eigenvalue weighted by Crippen LogP contribution is 2.36. The molecule has 29 heavy (non-hydrogen) atoms. The number of hydrogen-bond donors (Lipinski definition) is 0. The number of ether oxygens (including phenoxy) is 1. The number of carbonyl (C=O) groups excluding carboxylic acids is 1. The lowest BCUT2D eigenvalue weighted by atomic mass is 9.84. The minimum Gasteiger partial charge on any atom is -0.465 e. The van der Waals surface area contributed by atoms with Crippen LogP contribution >= 0.6 is 12.2 Å². The van der Waals surface area contributed by atoms with Gasteiger partial charge in [-0.1, -0.05) is 58.5 Å². The van der Waals surface area contributed by atoms with E-state index in [1.54, 1.807) is 0 Å². The Hall–Kier alpha value is -0.823. The van der Waals surface area contributed by atoms with E-state index in [1.165, 1.54) is 18.3 Å². The van der Waals surface area contributed by atoms with E-state index < -0.39 is 14.3 Å². The van der Waals surface area contributed by atoms with Gasteiger partial charge in [0.15, 0.2) is 8.32 Å². The van der Waals surface area contributed by atoms with Gasteiger partial charge in [-0.3, -0.25) is 4.90 Å². The lowest BCUT2D eigenvalue weighted by molar-refractivity contribution is -0.132. The molecule has 0 N–H and O–H groups in total. The van der Waals surface area contributed by atoms with Gasteiger partial charge in [-0.2, -0.15) is 0 Å². The van der Waals surface area contributed by atoms with Crippen LogP contribution in [0, 0.1) is 5.92 Å². The molecule has 0 spiro atoms. The predicted molar refractivity (Wildman–Crippen MR) is 129 cm³/mol. The van der Waals surface area contributed by atoms with E-state index >= 15 is 0 Å². The summed E-state index contributed by atoms with van der Waals surface area (Å²) in [6, 6.07) is 0. The monoisotopic (exact) mass is 439 g/mol. The van der Waals surface area contributed by atoms with Gasteiger partial charge in [0.05, 0.1) is 7.11 Å². The van der Waals surface area contributed by atoms with Crippen molar-refractivity contribution in [2.45, 2.75) is 72.5 Å². The van der Waals surface area contributed by atoms with E-state index in [9.17, 15) is 4.79 Å². The molecule has 0 fully saturated rings. The smallest absolute Gasteiger partial charge is 0.349 e. The molecule has 0 aromatic heterocycles. The Morgan fingerprint density at radius 1 is 1.34 bits per heavy atom. The van der Waals surface area contributed by atoms with Gasteiger partial charge in [0.2, 0.25) is 0 Å². The van der Waals surface area contributed by atoms with Crippen LogP contribution in [0.4, 0.5) is 0 Å². The first kappa shape index (κ1) is 26.2. The molecule has 0 radical (unpaired) electrons. The van der Waals surface area contributed by atoms with Crippen LogP contribution in [0.5, 0.6) is 0 Å². The number of thiocarbonyl (C=S) groups is 1. The maximum atomic E-state index is 12.1. The van der Waals surface area contributed by atoms with Gasteiger partial charge in [-0.05, 0) is 49.4 Å². The normalized spacial score (nSPS) is 18.0. The summed E-state index contributed by atoms with van der Waals surface area (Å²) in [5.41, 5.74) is 3.49. The van der Waals surface area contributed by atoms with E-state index in [2.05, 4.69) is 52.6 Å². The van der Waals surface area contributed by atoms with E-state index in [0.29, 0.717) is 5.92 Å². The van der Waals surface area contributed by atoms with Gasteiger partial charge in [-0.15, -0.1) is 0 Å². The van der Waals surface area contributed by atoms with Crippen molar-refractivity contribution in [3.8, 4) is 0 Å². The number of allylic oxidation sites excluding steroid dienone is 1. The van der Waals surface area contributed by atoms with Crippen molar-refractivity contribution in [2.75, 3.05) is 33.4 Å². The number of carbonyl (C=O) groups is 1. The molecule has 0 aromatic carbocycles. The van der Waals surface area contributed by atoms with Crippen molar-refractivity contribution in [3.05, 3.63) is 22.8 Å². The third-order valence-electron chi connectivity index (χ3n) is 6.58. The Labute approximate surface area is 184 Å². The summed E-state index contributed by atoms with van der Waals surface area (Å²) in [6.07, 6.45) is 4.05. The maximum absolute atomic E-state index is 12.1. The minimum atomic E-state index is -1.74. The molecule has 0 bridgehead atoms. The van der Waals surface area contributed by atoms with E-state index in [4.69, 9.17) is 21.4 Å². The predicted octanol–water partition coefficient (Wildman–Crippen LogP) is 5.55. The van der Waals surface area contributed by atoms with Gasteiger partial charge in [0.25, 0.3) is 0 Å². The Morgan fingerprint density at radius 2 is 1.97 bits per heavy atom. The maximum Gasteiger partial charge on any atom is 0.349 e. The highest BCUT2D eigenvalue weighted by Gasteiger charge is 2.37. The van der Waals surface area contributed by atoms with Crippen molar-refractivity contribution in [3.63, 3.8) is 0 Å². The van der Waals surface area contributed by atoms with Gasteiger partial charge in [0, 0.05) is 31.8 Å². The molecule has 4 nitrogen and oxygen atoms in total. The summed E-state index contributed by atoms with van der Waals surface area (Å²) in [5.74, 6) is 0.0495. The standard InChI is InChI=1S/C23H41NO3SSi/c1-10-17(3)19-12-13-24(14-15-27-29(8,9)23(4,5)6)16-20(19)18(11-2)21(28)22(25)26-7/h11,17H,10,12-16H2,1-9H3/b18-11-. The van der Waals surface area contributed by atoms with Gasteiger partial charge < -0.3 is 9.16 Å². The summed E-state index contributed by atoms with van der Waals surface area (Å²) < 4.78 is 11.3. The molecular weight excluding hydrogens is 398 g/mol. The number of hydrogen-bond acceptors (Lipinski definition) is 5. The van der Waals surface area contributed by atoms with Crippen molar-refractivity contribution in [1.29, 1.82) is 0 Å². The summed E-state index contributed by atoms with van der Waals surface area (Å²) in [6.45, 7) is 21.3. The van der Waals surface area contributed by atoms with Gasteiger partial charge in [0.1, 0.15) is 4.86 Å². The van der Waals surface area contributed by atoms with Crippen LogP contribution in [0.2, 0.25) is 18.1 Å². The molecular formula is C23H41NO3SSi. The fourth-order valence-electron chi connectivity index (χ4n) is 3.36. The number of rotatable bonds is 9. The molecule has 0 saturated heterocycles. The lowest BCUT2D eigenvalue weighted by Gasteiger charge is -2.38. The number of nitrogens with zero attached hydrogens (tertiary/aromatic N) is 1. The van der Waals surface area contributed by atoms with Crippen molar-refractivity contribution >= 4 is 31.4 Å². The average Bonchev–Trinajstić information content (AvgIpc) is 2.66. The average molecular weight is 440 g/mol. The van der Waals surface area contributed by atoms with Crippen LogP contribution in [0.25, 0.3) is 0 Å². The molecule has 0 aromatic rings. The van der Waals surface area contributed by atoms with Crippen LogP contribution < -0.4 is 0 Å². The molecule has 1 rings (SSSR count). The molecule has 0 saturated carbocycles. The zero-order valence-corrected chi connectivity index (χ0v) is 21.8. The van der Waals surface area contributed by atoms with E-state index in [1.807, 2.05) is 13.0 Å². The lowest BCUT2D eigenvalue weighted by Crippen LogP contribution is -2.44. The van der Waals surface area contributed by atoms with Crippen LogP contribution in [0.15, 0.2) is 22.8 Å².